The number of hydrogen-bond acceptors (Lipinski definition) is 2. The van der Waals surface area contributed by atoms with Crippen LogP contribution in [0, 0.1) is 5.92 Å². The Balaban J connectivity index is 1.78. The number of benzene rings is 1. The Labute approximate surface area is 118 Å². The molecule has 1 heterocycles. The van der Waals surface area contributed by atoms with Gasteiger partial charge in [-0.3, -0.25) is 0 Å². The van der Waals surface area contributed by atoms with E-state index in [1.54, 1.807) is 24.5 Å². The molecule has 4 nitrogen and oxygen atoms in total. The minimum absolute atomic E-state index is 0.300. The molecule has 1 aromatic carbocycles. The maximum Gasteiger partial charge on any atom is 0.335 e. The van der Waals surface area contributed by atoms with Crippen molar-refractivity contribution in [3.8, 4) is 5.69 Å². The van der Waals surface area contributed by atoms with Crippen LogP contribution >= 0.6 is 0 Å². The molecule has 20 heavy (non-hydrogen) atoms. The van der Waals surface area contributed by atoms with Crippen molar-refractivity contribution in [3.05, 3.63) is 48.0 Å². The van der Waals surface area contributed by atoms with E-state index in [4.69, 9.17) is 5.11 Å². The summed E-state index contributed by atoms with van der Waals surface area (Å²) in [6.45, 7) is 0. The third-order valence-electron chi connectivity index (χ3n) is 4.00. The van der Waals surface area contributed by atoms with Crippen LogP contribution < -0.4 is 0 Å². The quantitative estimate of drug-likeness (QED) is 0.927. The Morgan fingerprint density at radius 2 is 2.15 bits per heavy atom. The van der Waals surface area contributed by atoms with Crippen LogP contribution in [0.5, 0.6) is 0 Å². The van der Waals surface area contributed by atoms with E-state index >= 15 is 0 Å². The van der Waals surface area contributed by atoms with Crippen LogP contribution in [0.2, 0.25) is 0 Å². The zero-order chi connectivity index (χ0) is 13.9. The van der Waals surface area contributed by atoms with E-state index in [1.807, 2.05) is 16.8 Å². The molecule has 0 unspecified atom stereocenters. The SMILES string of the molecule is O=C(O)c1cccc(-n2cnc(CC3CCCC3)c2)c1. The molecule has 4 heteroatoms. The molecule has 1 aliphatic rings. The Hall–Kier alpha value is -2.10. The maximum absolute atomic E-state index is 11.0. The van der Waals surface area contributed by atoms with E-state index in [0.29, 0.717) is 5.56 Å². The maximum atomic E-state index is 11.0. The first-order valence-electron chi connectivity index (χ1n) is 7.09. The number of nitrogens with zero attached hydrogens (tertiary/aromatic N) is 2. The minimum atomic E-state index is -0.904. The lowest BCUT2D eigenvalue weighted by Crippen LogP contribution is -1.99. The second-order valence-electron chi connectivity index (χ2n) is 5.48. The molecule has 1 aromatic heterocycles. The smallest absolute Gasteiger partial charge is 0.335 e. The van der Waals surface area contributed by atoms with Gasteiger partial charge in [-0.2, -0.15) is 0 Å². The number of carboxylic acids is 1. The molecule has 0 amide bonds. The molecule has 104 valence electrons. The number of aromatic carboxylic acids is 1. The van der Waals surface area contributed by atoms with Crippen LogP contribution in [0.15, 0.2) is 36.8 Å². The zero-order valence-corrected chi connectivity index (χ0v) is 11.3. The van der Waals surface area contributed by atoms with Crippen molar-refractivity contribution >= 4 is 5.97 Å². The third-order valence-corrected chi connectivity index (χ3v) is 4.00. The van der Waals surface area contributed by atoms with E-state index in [9.17, 15) is 4.79 Å². The number of carboxylic acid groups (broad SMARTS) is 1. The van der Waals surface area contributed by atoms with Crippen molar-refractivity contribution in [1.82, 2.24) is 9.55 Å². The second kappa shape index (κ2) is 5.49. The summed E-state index contributed by atoms with van der Waals surface area (Å²) in [7, 11) is 0. The van der Waals surface area contributed by atoms with Gasteiger partial charge in [-0.15, -0.1) is 0 Å². The van der Waals surface area contributed by atoms with Gasteiger partial charge in [0.15, 0.2) is 0 Å². The average Bonchev–Trinajstić information content (AvgIpc) is 3.11. The average molecular weight is 270 g/mol. The highest BCUT2D eigenvalue weighted by Gasteiger charge is 2.16. The summed E-state index contributed by atoms with van der Waals surface area (Å²) in [6, 6.07) is 6.93. The fourth-order valence-corrected chi connectivity index (χ4v) is 2.92. The van der Waals surface area contributed by atoms with Crippen LogP contribution in [0.25, 0.3) is 5.69 Å². The number of aromatic nitrogens is 2. The van der Waals surface area contributed by atoms with Crippen molar-refractivity contribution in [1.29, 1.82) is 0 Å². The number of imidazole rings is 1. The molecule has 2 aromatic rings. The van der Waals surface area contributed by atoms with Crippen LogP contribution in [-0.2, 0) is 6.42 Å². The zero-order valence-electron chi connectivity index (χ0n) is 11.3. The van der Waals surface area contributed by atoms with Crippen molar-refractivity contribution in [2.75, 3.05) is 0 Å². The van der Waals surface area contributed by atoms with E-state index in [-0.39, 0.29) is 0 Å². The molecule has 0 radical (unpaired) electrons. The van der Waals surface area contributed by atoms with Gasteiger partial charge >= 0.3 is 5.97 Å². The van der Waals surface area contributed by atoms with Gasteiger partial charge in [-0.25, -0.2) is 9.78 Å². The molecule has 1 aliphatic carbocycles. The van der Waals surface area contributed by atoms with Gasteiger partial charge in [0.05, 0.1) is 17.6 Å². The summed E-state index contributed by atoms with van der Waals surface area (Å²) in [5.41, 5.74) is 2.24. The first-order valence-corrected chi connectivity index (χ1v) is 7.09. The normalized spacial score (nSPS) is 15.6. The van der Waals surface area contributed by atoms with Crippen molar-refractivity contribution in [2.45, 2.75) is 32.1 Å². The lowest BCUT2D eigenvalue weighted by molar-refractivity contribution is 0.0697. The molecule has 3 rings (SSSR count). The van der Waals surface area contributed by atoms with Gasteiger partial charge in [0.2, 0.25) is 0 Å². The summed E-state index contributed by atoms with van der Waals surface area (Å²) in [5, 5.41) is 9.03. The summed E-state index contributed by atoms with van der Waals surface area (Å²) in [6.07, 6.45) is 10.1. The molecule has 0 aliphatic heterocycles. The Bertz CT molecular complexity index is 612. The minimum Gasteiger partial charge on any atom is -0.478 e. The predicted molar refractivity (Wildman–Crippen MR) is 76.2 cm³/mol. The highest BCUT2D eigenvalue weighted by atomic mass is 16.4. The largest absolute Gasteiger partial charge is 0.478 e. The summed E-state index contributed by atoms with van der Waals surface area (Å²) in [4.78, 5) is 15.4. The fourth-order valence-electron chi connectivity index (χ4n) is 2.92. The molecule has 1 N–H and O–H groups in total. The summed E-state index contributed by atoms with van der Waals surface area (Å²) in [5.74, 6) is -0.137. The third kappa shape index (κ3) is 2.74. The predicted octanol–water partition coefficient (Wildman–Crippen LogP) is 3.30. The summed E-state index contributed by atoms with van der Waals surface area (Å²) >= 11 is 0. The number of carbonyl (C=O) groups is 1. The van der Waals surface area contributed by atoms with Crippen LogP contribution in [0.4, 0.5) is 0 Å². The van der Waals surface area contributed by atoms with Crippen molar-refractivity contribution < 1.29 is 9.90 Å². The van der Waals surface area contributed by atoms with Crippen LogP contribution in [-0.4, -0.2) is 20.6 Å². The fraction of sp³-hybridized carbons (Fsp3) is 0.375. The molecule has 0 bridgehead atoms. The highest BCUT2D eigenvalue weighted by molar-refractivity contribution is 5.88. The van der Waals surface area contributed by atoms with Gasteiger partial charge in [-0.1, -0.05) is 31.7 Å². The summed E-state index contributed by atoms with van der Waals surface area (Å²) < 4.78 is 1.90. The second-order valence-corrected chi connectivity index (χ2v) is 5.48. The topological polar surface area (TPSA) is 55.1 Å². The lowest BCUT2D eigenvalue weighted by Gasteiger charge is -2.05. The molecular formula is C16H18N2O2. The Morgan fingerprint density at radius 1 is 1.35 bits per heavy atom. The molecular weight excluding hydrogens is 252 g/mol. The first kappa shape index (κ1) is 12.9. The van der Waals surface area contributed by atoms with E-state index in [2.05, 4.69) is 4.98 Å². The lowest BCUT2D eigenvalue weighted by atomic mass is 10.0. The van der Waals surface area contributed by atoms with Crippen molar-refractivity contribution in [3.63, 3.8) is 0 Å². The highest BCUT2D eigenvalue weighted by Crippen LogP contribution is 2.27. The van der Waals surface area contributed by atoms with Crippen LogP contribution in [0.3, 0.4) is 0 Å². The van der Waals surface area contributed by atoms with E-state index in [1.165, 1.54) is 25.7 Å². The molecule has 0 atom stereocenters. The molecule has 1 saturated carbocycles. The van der Waals surface area contributed by atoms with Crippen LogP contribution in [0.1, 0.15) is 41.7 Å². The first-order chi connectivity index (χ1) is 9.72. The van der Waals surface area contributed by atoms with Gasteiger partial charge in [-0.05, 0) is 30.5 Å². The molecule has 0 spiro atoms. The van der Waals surface area contributed by atoms with Gasteiger partial charge in [0.25, 0.3) is 0 Å². The van der Waals surface area contributed by atoms with Gasteiger partial charge in [0.1, 0.15) is 0 Å². The Kier molecular flexibility index (Phi) is 3.54. The van der Waals surface area contributed by atoms with Gasteiger partial charge < -0.3 is 9.67 Å². The molecule has 1 fully saturated rings. The standard InChI is InChI=1S/C16H18N2O2/c19-16(20)13-6-3-7-15(9-13)18-10-14(17-11-18)8-12-4-1-2-5-12/h3,6-7,9-12H,1-2,4-5,8H2,(H,19,20). The number of hydrogen-bond donors (Lipinski definition) is 1. The monoisotopic (exact) mass is 270 g/mol. The van der Waals surface area contributed by atoms with E-state index < -0.39 is 5.97 Å². The van der Waals surface area contributed by atoms with E-state index in [0.717, 1.165) is 23.7 Å². The Morgan fingerprint density at radius 3 is 2.90 bits per heavy atom. The van der Waals surface area contributed by atoms with Crippen molar-refractivity contribution in [2.24, 2.45) is 5.92 Å². The molecule has 0 saturated heterocycles. The number of rotatable bonds is 4. The van der Waals surface area contributed by atoms with Gasteiger partial charge in [0, 0.05) is 11.9 Å².